The molecule has 1 aliphatic carbocycles. The van der Waals surface area contributed by atoms with Crippen LogP contribution in [0.5, 0.6) is 5.75 Å². The molecular formula is C22H18N2O5. The number of hydrogen-bond acceptors (Lipinski definition) is 5. The van der Waals surface area contributed by atoms with Gasteiger partial charge in [0, 0.05) is 5.69 Å². The molecule has 0 aliphatic heterocycles. The van der Waals surface area contributed by atoms with Crippen LogP contribution in [0.2, 0.25) is 0 Å². The van der Waals surface area contributed by atoms with Crippen molar-refractivity contribution in [2.45, 2.75) is 0 Å². The number of rotatable bonds is 5. The fraction of sp³-hybridized carbons (Fsp3) is 0.0455. The SMILES string of the molecule is COc1ccc(C(=C2C=CC(=N)C(C(=O)O)=C2)c2ccc(N)c(C(=O)O)c2)cc1. The number of aromatic carboxylic acids is 1. The molecule has 5 N–H and O–H groups in total. The molecule has 0 heterocycles. The molecule has 1 aliphatic rings. The molecule has 3 rings (SSSR count). The van der Waals surface area contributed by atoms with Gasteiger partial charge in [-0.15, -0.1) is 0 Å². The van der Waals surface area contributed by atoms with Crippen LogP contribution in [-0.4, -0.2) is 35.0 Å². The van der Waals surface area contributed by atoms with Gasteiger partial charge in [0.25, 0.3) is 0 Å². The summed E-state index contributed by atoms with van der Waals surface area (Å²) >= 11 is 0. The summed E-state index contributed by atoms with van der Waals surface area (Å²) in [5, 5.41) is 26.6. The molecule has 0 fully saturated rings. The quantitative estimate of drug-likeness (QED) is 0.578. The average Bonchev–Trinajstić information content (AvgIpc) is 2.70. The normalized spacial score (nSPS) is 14.9. The molecule has 0 bridgehead atoms. The van der Waals surface area contributed by atoms with Crippen molar-refractivity contribution in [1.82, 2.24) is 0 Å². The van der Waals surface area contributed by atoms with Gasteiger partial charge in [0.2, 0.25) is 0 Å². The van der Waals surface area contributed by atoms with Crippen molar-refractivity contribution in [1.29, 1.82) is 5.41 Å². The van der Waals surface area contributed by atoms with Crippen molar-refractivity contribution >= 4 is 28.9 Å². The summed E-state index contributed by atoms with van der Waals surface area (Å²) in [6.07, 6.45) is 4.43. The maximum atomic E-state index is 11.5. The van der Waals surface area contributed by atoms with Crippen molar-refractivity contribution in [2.24, 2.45) is 0 Å². The first-order valence-electron chi connectivity index (χ1n) is 8.55. The van der Waals surface area contributed by atoms with E-state index in [9.17, 15) is 19.8 Å². The third kappa shape index (κ3) is 3.93. The lowest BCUT2D eigenvalue weighted by atomic mass is 9.88. The van der Waals surface area contributed by atoms with Gasteiger partial charge in [-0.3, -0.25) is 0 Å². The Morgan fingerprint density at radius 3 is 2.21 bits per heavy atom. The first kappa shape index (κ1) is 19.6. The Bertz CT molecular complexity index is 1110. The second-order valence-corrected chi connectivity index (χ2v) is 6.28. The number of allylic oxidation sites excluding steroid dienone is 4. The highest BCUT2D eigenvalue weighted by Crippen LogP contribution is 2.33. The van der Waals surface area contributed by atoms with E-state index in [0.29, 0.717) is 22.5 Å². The summed E-state index contributed by atoms with van der Waals surface area (Å²) < 4.78 is 5.19. The molecule has 2 aromatic carbocycles. The van der Waals surface area contributed by atoms with Crippen molar-refractivity contribution in [3.05, 3.63) is 88.5 Å². The van der Waals surface area contributed by atoms with Gasteiger partial charge in [0.05, 0.1) is 24.0 Å². The largest absolute Gasteiger partial charge is 0.497 e. The van der Waals surface area contributed by atoms with E-state index in [2.05, 4.69) is 0 Å². The standard InChI is InChI=1S/C22H18N2O5/c1-29-15-6-2-12(3-7-15)20(13-4-8-18(23)16(10-13)21(25)26)14-5-9-19(24)17(11-14)22(27)28/h2-11,23H,24H2,1H3,(H,25,26)(H,27,28). The third-order valence-electron chi connectivity index (χ3n) is 4.49. The van der Waals surface area contributed by atoms with Crippen molar-refractivity contribution < 1.29 is 24.5 Å². The van der Waals surface area contributed by atoms with E-state index in [4.69, 9.17) is 15.9 Å². The molecule has 0 radical (unpaired) electrons. The molecule has 7 nitrogen and oxygen atoms in total. The number of carboxylic acids is 2. The molecule has 0 spiro atoms. The lowest BCUT2D eigenvalue weighted by Gasteiger charge is -2.17. The topological polar surface area (TPSA) is 134 Å². The Balaban J connectivity index is 2.30. The van der Waals surface area contributed by atoms with Gasteiger partial charge in [-0.1, -0.05) is 24.3 Å². The molecule has 2 aromatic rings. The van der Waals surface area contributed by atoms with Gasteiger partial charge in [-0.2, -0.15) is 0 Å². The van der Waals surface area contributed by atoms with Crippen LogP contribution in [0.1, 0.15) is 21.5 Å². The van der Waals surface area contributed by atoms with Gasteiger partial charge in [0.15, 0.2) is 0 Å². The maximum Gasteiger partial charge on any atom is 0.337 e. The number of benzene rings is 2. The van der Waals surface area contributed by atoms with E-state index in [1.807, 2.05) is 0 Å². The van der Waals surface area contributed by atoms with E-state index in [1.54, 1.807) is 43.5 Å². The number of ether oxygens (including phenoxy) is 1. The summed E-state index contributed by atoms with van der Waals surface area (Å²) in [5.41, 5.74) is 8.01. The summed E-state index contributed by atoms with van der Waals surface area (Å²) in [4.78, 5) is 23.0. The van der Waals surface area contributed by atoms with Crippen LogP contribution in [0.25, 0.3) is 5.57 Å². The number of nitrogen functional groups attached to an aromatic ring is 1. The molecule has 7 heteroatoms. The summed E-state index contributed by atoms with van der Waals surface area (Å²) in [5.74, 6) is -1.73. The summed E-state index contributed by atoms with van der Waals surface area (Å²) in [6, 6.07) is 11.7. The first-order valence-corrected chi connectivity index (χ1v) is 8.55. The Hall–Kier alpha value is -4.13. The second-order valence-electron chi connectivity index (χ2n) is 6.28. The first-order chi connectivity index (χ1) is 13.8. The fourth-order valence-electron chi connectivity index (χ4n) is 3.03. The lowest BCUT2D eigenvalue weighted by molar-refractivity contribution is -0.132. The van der Waals surface area contributed by atoms with Crippen LogP contribution in [0.4, 0.5) is 5.69 Å². The molecule has 29 heavy (non-hydrogen) atoms. The molecule has 0 unspecified atom stereocenters. The molecular weight excluding hydrogens is 372 g/mol. The summed E-state index contributed by atoms with van der Waals surface area (Å²) in [7, 11) is 1.55. The van der Waals surface area contributed by atoms with Crippen LogP contribution >= 0.6 is 0 Å². The minimum atomic E-state index is -1.21. The number of carbonyl (C=O) groups is 2. The number of aliphatic carboxylic acids is 1. The van der Waals surface area contributed by atoms with Gasteiger partial charge >= 0.3 is 11.9 Å². The zero-order chi connectivity index (χ0) is 21.1. The Morgan fingerprint density at radius 1 is 0.966 bits per heavy atom. The van der Waals surface area contributed by atoms with Crippen LogP contribution in [-0.2, 0) is 4.79 Å². The molecule has 0 saturated carbocycles. The monoisotopic (exact) mass is 390 g/mol. The zero-order valence-electron chi connectivity index (χ0n) is 15.5. The van der Waals surface area contributed by atoms with E-state index >= 15 is 0 Å². The highest BCUT2D eigenvalue weighted by atomic mass is 16.5. The van der Waals surface area contributed by atoms with Crippen LogP contribution < -0.4 is 10.5 Å². The number of anilines is 1. The van der Waals surface area contributed by atoms with Crippen molar-refractivity contribution in [3.63, 3.8) is 0 Å². The lowest BCUT2D eigenvalue weighted by Crippen LogP contribution is -2.12. The van der Waals surface area contributed by atoms with E-state index in [1.165, 1.54) is 24.3 Å². The van der Waals surface area contributed by atoms with E-state index in [-0.39, 0.29) is 22.5 Å². The van der Waals surface area contributed by atoms with E-state index < -0.39 is 11.9 Å². The van der Waals surface area contributed by atoms with Gasteiger partial charge in [-0.25, -0.2) is 9.59 Å². The van der Waals surface area contributed by atoms with Gasteiger partial charge in [-0.05, 0) is 58.7 Å². The number of nitrogens with one attached hydrogen (secondary N) is 1. The Kier molecular flexibility index (Phi) is 5.32. The highest BCUT2D eigenvalue weighted by Gasteiger charge is 2.20. The zero-order valence-corrected chi connectivity index (χ0v) is 15.5. The number of methoxy groups -OCH3 is 1. The van der Waals surface area contributed by atoms with Crippen molar-refractivity contribution in [2.75, 3.05) is 12.8 Å². The molecule has 0 atom stereocenters. The number of nitrogens with two attached hydrogens (primary N) is 1. The smallest absolute Gasteiger partial charge is 0.337 e. The molecule has 0 aromatic heterocycles. The predicted octanol–water partition coefficient (Wildman–Crippen LogP) is 3.38. The molecule has 146 valence electrons. The molecule has 0 saturated heterocycles. The third-order valence-corrected chi connectivity index (χ3v) is 4.49. The van der Waals surface area contributed by atoms with E-state index in [0.717, 1.165) is 5.56 Å². The fourth-order valence-corrected chi connectivity index (χ4v) is 3.03. The Morgan fingerprint density at radius 2 is 1.62 bits per heavy atom. The minimum absolute atomic E-state index is 0.0518. The predicted molar refractivity (Wildman–Crippen MR) is 109 cm³/mol. The van der Waals surface area contributed by atoms with Crippen molar-refractivity contribution in [3.8, 4) is 5.75 Å². The van der Waals surface area contributed by atoms with Gasteiger partial charge in [0.1, 0.15) is 5.75 Å². The molecule has 0 amide bonds. The second kappa shape index (κ2) is 7.85. The summed E-state index contributed by atoms with van der Waals surface area (Å²) in [6.45, 7) is 0. The highest BCUT2D eigenvalue weighted by molar-refractivity contribution is 6.24. The minimum Gasteiger partial charge on any atom is -0.497 e. The average molecular weight is 390 g/mol. The van der Waals surface area contributed by atoms with Gasteiger partial charge < -0.3 is 26.1 Å². The Labute approximate surface area is 166 Å². The van der Waals surface area contributed by atoms with Crippen LogP contribution in [0.3, 0.4) is 0 Å². The number of hydrogen-bond donors (Lipinski definition) is 4. The van der Waals surface area contributed by atoms with Crippen LogP contribution in [0.15, 0.2) is 71.8 Å². The number of carboxylic acid groups (broad SMARTS) is 2. The van der Waals surface area contributed by atoms with Crippen LogP contribution in [0, 0.1) is 5.41 Å². The maximum absolute atomic E-state index is 11.5.